The molecule has 3 nitrogen and oxygen atoms in total. The van der Waals surface area contributed by atoms with Gasteiger partial charge in [0.15, 0.2) is 5.82 Å². The summed E-state index contributed by atoms with van der Waals surface area (Å²) in [4.78, 5) is 15.5. The number of para-hydroxylation sites is 1. The summed E-state index contributed by atoms with van der Waals surface area (Å²) in [6.07, 6.45) is 0. The lowest BCUT2D eigenvalue weighted by Gasteiger charge is -2.25. The van der Waals surface area contributed by atoms with Crippen molar-refractivity contribution in [1.82, 2.24) is 15.0 Å². The van der Waals surface area contributed by atoms with Crippen molar-refractivity contribution in [3.63, 3.8) is 0 Å². The fraction of sp³-hybridized carbons (Fsp3) is 0.0536. The van der Waals surface area contributed by atoms with Gasteiger partial charge in [-0.25, -0.2) is 15.0 Å². The molecule has 0 radical (unpaired) electrons. The first-order chi connectivity index (χ1) is 29.0. The second-order valence-electron chi connectivity index (χ2n) is 16.0. The van der Waals surface area contributed by atoms with Crippen molar-refractivity contribution in [3.8, 4) is 78.5 Å². The molecule has 0 atom stereocenters. The van der Waals surface area contributed by atoms with Gasteiger partial charge in [0.25, 0.3) is 0 Å². The zero-order chi connectivity index (χ0) is 39.5. The van der Waals surface area contributed by atoms with E-state index in [0.29, 0.717) is 5.82 Å². The first kappa shape index (κ1) is 34.7. The minimum absolute atomic E-state index is 0.169. The van der Waals surface area contributed by atoms with Gasteiger partial charge in [-0.15, -0.1) is 0 Å². The summed E-state index contributed by atoms with van der Waals surface area (Å²) < 4.78 is 0. The van der Waals surface area contributed by atoms with E-state index in [4.69, 9.17) is 15.0 Å². The van der Waals surface area contributed by atoms with Crippen LogP contribution in [-0.4, -0.2) is 15.0 Å². The van der Waals surface area contributed by atoms with E-state index < -0.39 is 0 Å². The van der Waals surface area contributed by atoms with Crippen LogP contribution in [0.3, 0.4) is 0 Å². The molecule has 2 aromatic heterocycles. The van der Waals surface area contributed by atoms with Crippen LogP contribution in [0, 0.1) is 0 Å². The van der Waals surface area contributed by atoms with Gasteiger partial charge in [0.1, 0.15) is 0 Å². The molecule has 3 heteroatoms. The summed E-state index contributed by atoms with van der Waals surface area (Å²) in [6.45, 7) is 4.67. The van der Waals surface area contributed by atoms with Crippen molar-refractivity contribution in [2.45, 2.75) is 19.3 Å². The van der Waals surface area contributed by atoms with E-state index >= 15 is 0 Å². The SMILES string of the molecule is CC1(C)c2ccccc2-c2nc3ccccc3c(-c3ccc(-c4ccc5cc(-c6nc(-c7ccccc7)cc(-c7ccc(-c8ccccc8)cc7)n6)ccc5c4)cc3)c21. The predicted molar refractivity (Wildman–Crippen MR) is 245 cm³/mol. The molecule has 0 saturated carbocycles. The first-order valence-electron chi connectivity index (χ1n) is 20.3. The minimum atomic E-state index is -0.169. The average molecular weight is 754 g/mol. The smallest absolute Gasteiger partial charge is 0.160 e. The fourth-order valence-corrected chi connectivity index (χ4v) is 9.02. The number of rotatable bonds is 6. The molecule has 0 fully saturated rings. The Kier molecular flexibility index (Phi) is 8.16. The van der Waals surface area contributed by atoms with E-state index in [1.165, 1.54) is 60.8 Å². The number of benzene rings is 8. The Morgan fingerprint density at radius 3 is 1.58 bits per heavy atom. The van der Waals surface area contributed by atoms with Crippen LogP contribution in [0.2, 0.25) is 0 Å². The lowest BCUT2D eigenvalue weighted by molar-refractivity contribution is 0.662. The van der Waals surface area contributed by atoms with Gasteiger partial charge in [-0.2, -0.15) is 0 Å². The molecule has 0 amide bonds. The maximum absolute atomic E-state index is 5.24. The zero-order valence-electron chi connectivity index (χ0n) is 32.9. The largest absolute Gasteiger partial charge is 0.247 e. The Morgan fingerprint density at radius 2 is 0.864 bits per heavy atom. The van der Waals surface area contributed by atoms with Crippen LogP contribution in [-0.2, 0) is 5.41 Å². The lowest BCUT2D eigenvalue weighted by Crippen LogP contribution is -2.16. The summed E-state index contributed by atoms with van der Waals surface area (Å²) in [6, 6.07) is 71.3. The molecule has 0 unspecified atom stereocenters. The minimum Gasteiger partial charge on any atom is -0.247 e. The Morgan fingerprint density at radius 1 is 0.373 bits per heavy atom. The van der Waals surface area contributed by atoms with Crippen molar-refractivity contribution in [3.05, 3.63) is 211 Å². The predicted octanol–water partition coefficient (Wildman–Crippen LogP) is 14.5. The molecule has 0 N–H and O–H groups in total. The average Bonchev–Trinajstić information content (AvgIpc) is 3.53. The van der Waals surface area contributed by atoms with Crippen LogP contribution in [0.5, 0.6) is 0 Å². The van der Waals surface area contributed by atoms with Gasteiger partial charge < -0.3 is 0 Å². The second kappa shape index (κ2) is 13.9. The topological polar surface area (TPSA) is 38.7 Å². The quantitative estimate of drug-likeness (QED) is 0.170. The summed E-state index contributed by atoms with van der Waals surface area (Å²) in [5.74, 6) is 0.705. The molecule has 0 bridgehead atoms. The van der Waals surface area contributed by atoms with Gasteiger partial charge in [0.2, 0.25) is 0 Å². The standard InChI is InChI=1S/C56H39N3/c1-56(2)48-19-11-9-17-46(48)54-53(56)52(47-18-10-12-20-49(47)57-54)41-27-23-38(24-28-41)42-29-30-44-34-45(32-31-43(44)33-42)55-58-50(39-15-7-4-8-16-39)35-51(59-55)40-25-21-37(22-26-40)36-13-5-3-6-14-36/h3-35H,1-2H3. The Bertz CT molecular complexity index is 3200. The van der Waals surface area contributed by atoms with Gasteiger partial charge in [-0.05, 0) is 79.5 Å². The number of hydrogen-bond donors (Lipinski definition) is 0. The van der Waals surface area contributed by atoms with Crippen LogP contribution in [0.25, 0.3) is 100 Å². The molecule has 1 aliphatic rings. The maximum atomic E-state index is 5.24. The van der Waals surface area contributed by atoms with Crippen molar-refractivity contribution in [1.29, 1.82) is 0 Å². The van der Waals surface area contributed by atoms with E-state index in [1.54, 1.807) is 0 Å². The zero-order valence-corrected chi connectivity index (χ0v) is 32.9. The lowest BCUT2D eigenvalue weighted by atomic mass is 9.78. The van der Waals surface area contributed by atoms with Gasteiger partial charge >= 0.3 is 0 Å². The van der Waals surface area contributed by atoms with Gasteiger partial charge in [-0.3, -0.25) is 0 Å². The summed E-state index contributed by atoms with van der Waals surface area (Å²) in [7, 11) is 0. The summed E-state index contributed by atoms with van der Waals surface area (Å²) in [5.41, 5.74) is 17.9. The van der Waals surface area contributed by atoms with Crippen LogP contribution in [0.15, 0.2) is 200 Å². The van der Waals surface area contributed by atoms with Gasteiger partial charge in [0.05, 0.1) is 22.6 Å². The molecular weight excluding hydrogens is 715 g/mol. The highest BCUT2D eigenvalue weighted by molar-refractivity contribution is 6.02. The van der Waals surface area contributed by atoms with Crippen molar-refractivity contribution in [2.75, 3.05) is 0 Å². The van der Waals surface area contributed by atoms with Crippen molar-refractivity contribution in [2.24, 2.45) is 0 Å². The highest BCUT2D eigenvalue weighted by Crippen LogP contribution is 2.53. The van der Waals surface area contributed by atoms with Crippen molar-refractivity contribution >= 4 is 21.7 Å². The number of nitrogens with zero attached hydrogens (tertiary/aromatic N) is 3. The Labute approximate surface area is 344 Å². The third kappa shape index (κ3) is 6.02. The fourth-order valence-electron chi connectivity index (χ4n) is 9.02. The molecule has 59 heavy (non-hydrogen) atoms. The van der Waals surface area contributed by atoms with Crippen molar-refractivity contribution < 1.29 is 0 Å². The third-order valence-electron chi connectivity index (χ3n) is 12.1. The second-order valence-corrected chi connectivity index (χ2v) is 16.0. The van der Waals surface area contributed by atoms with Gasteiger partial charge in [0, 0.05) is 33.1 Å². The molecule has 11 rings (SSSR count). The molecule has 0 aliphatic heterocycles. The first-order valence-corrected chi connectivity index (χ1v) is 20.3. The number of hydrogen-bond acceptors (Lipinski definition) is 3. The highest BCUT2D eigenvalue weighted by atomic mass is 14.9. The summed E-state index contributed by atoms with van der Waals surface area (Å²) in [5, 5.41) is 3.50. The Balaban J connectivity index is 0.941. The molecule has 278 valence electrons. The molecule has 2 heterocycles. The van der Waals surface area contributed by atoms with E-state index in [9.17, 15) is 0 Å². The molecular formula is C56H39N3. The van der Waals surface area contributed by atoms with Crippen LogP contribution >= 0.6 is 0 Å². The van der Waals surface area contributed by atoms with Crippen LogP contribution in [0.1, 0.15) is 25.0 Å². The maximum Gasteiger partial charge on any atom is 0.160 e. The van der Waals surface area contributed by atoms with Gasteiger partial charge in [-0.1, -0.05) is 190 Å². The van der Waals surface area contributed by atoms with E-state index in [-0.39, 0.29) is 5.41 Å². The molecule has 0 spiro atoms. The highest BCUT2D eigenvalue weighted by Gasteiger charge is 2.39. The molecule has 8 aromatic carbocycles. The third-order valence-corrected chi connectivity index (χ3v) is 12.1. The van der Waals surface area contributed by atoms with E-state index in [2.05, 4.69) is 202 Å². The summed E-state index contributed by atoms with van der Waals surface area (Å²) >= 11 is 0. The normalized spacial score (nSPS) is 12.7. The number of fused-ring (bicyclic) bond motifs is 5. The van der Waals surface area contributed by atoms with Crippen LogP contribution in [0.4, 0.5) is 0 Å². The number of pyridine rings is 1. The Hall–Kier alpha value is -7.49. The van der Waals surface area contributed by atoms with E-state index in [1.807, 2.05) is 12.1 Å². The molecule has 0 saturated heterocycles. The molecule has 10 aromatic rings. The van der Waals surface area contributed by atoms with E-state index in [0.717, 1.165) is 44.7 Å². The monoisotopic (exact) mass is 753 g/mol. The number of aromatic nitrogens is 3. The molecule has 1 aliphatic carbocycles. The van der Waals surface area contributed by atoms with Crippen LogP contribution < -0.4 is 0 Å².